The molecule has 16 heavy (non-hydrogen) atoms. The van der Waals surface area contributed by atoms with Crippen LogP contribution in [-0.4, -0.2) is 36.6 Å². The van der Waals surface area contributed by atoms with Crippen LogP contribution in [0.25, 0.3) is 0 Å². The van der Waals surface area contributed by atoms with Gasteiger partial charge < -0.3 is 20.3 Å². The van der Waals surface area contributed by atoms with Crippen LogP contribution in [0.5, 0.6) is 5.75 Å². The van der Waals surface area contributed by atoms with Crippen LogP contribution in [0.15, 0.2) is 12.1 Å². The van der Waals surface area contributed by atoms with Crippen molar-refractivity contribution in [2.75, 3.05) is 25.6 Å². The summed E-state index contributed by atoms with van der Waals surface area (Å²) in [5, 5.41) is 21.3. The highest BCUT2D eigenvalue weighted by Crippen LogP contribution is 2.37. The second-order valence-electron chi connectivity index (χ2n) is 3.15. The van der Waals surface area contributed by atoms with E-state index in [-0.39, 0.29) is 13.2 Å². The molecule has 0 spiro atoms. The molecular weight excluding hydrogens is 253 g/mol. The Labute approximate surface area is 104 Å². The number of ether oxygens (including phenoxy) is 1. The van der Waals surface area contributed by atoms with Crippen molar-refractivity contribution in [2.24, 2.45) is 0 Å². The van der Waals surface area contributed by atoms with Gasteiger partial charge in [-0.05, 0) is 12.1 Å². The molecule has 0 heterocycles. The highest BCUT2D eigenvalue weighted by Gasteiger charge is 2.13. The second-order valence-corrected chi connectivity index (χ2v) is 3.91. The molecule has 6 heteroatoms. The molecule has 0 radical (unpaired) electrons. The lowest BCUT2D eigenvalue weighted by Gasteiger charge is -2.17. The van der Waals surface area contributed by atoms with Gasteiger partial charge in [-0.25, -0.2) is 0 Å². The molecule has 0 aromatic heterocycles. The molecule has 1 aromatic carbocycles. The zero-order chi connectivity index (χ0) is 12.1. The van der Waals surface area contributed by atoms with Gasteiger partial charge in [0.25, 0.3) is 0 Å². The van der Waals surface area contributed by atoms with Crippen LogP contribution < -0.4 is 10.1 Å². The third-order valence-electron chi connectivity index (χ3n) is 2.07. The van der Waals surface area contributed by atoms with Crippen molar-refractivity contribution in [3.63, 3.8) is 0 Å². The molecule has 3 N–H and O–H groups in total. The van der Waals surface area contributed by atoms with Gasteiger partial charge in [-0.2, -0.15) is 0 Å². The summed E-state index contributed by atoms with van der Waals surface area (Å²) in [5.41, 5.74) is 0.542. The van der Waals surface area contributed by atoms with Crippen LogP contribution in [0, 0.1) is 0 Å². The summed E-state index contributed by atoms with van der Waals surface area (Å²) in [6, 6.07) is 2.86. The summed E-state index contributed by atoms with van der Waals surface area (Å²) >= 11 is 11.9. The molecule has 0 bridgehead atoms. The average molecular weight is 266 g/mol. The summed E-state index contributed by atoms with van der Waals surface area (Å²) in [5.74, 6) is 0.474. The Kier molecular flexibility index (Phi) is 5.15. The number of rotatable bonds is 5. The Bertz CT molecular complexity index is 356. The van der Waals surface area contributed by atoms with Gasteiger partial charge in [0.2, 0.25) is 0 Å². The van der Waals surface area contributed by atoms with Gasteiger partial charge in [0, 0.05) is 0 Å². The van der Waals surface area contributed by atoms with Crippen molar-refractivity contribution in [3.05, 3.63) is 22.2 Å². The van der Waals surface area contributed by atoms with Gasteiger partial charge in [0.15, 0.2) is 0 Å². The minimum absolute atomic E-state index is 0.198. The van der Waals surface area contributed by atoms with E-state index in [9.17, 15) is 0 Å². The standard InChI is InChI=1S/C10H13Cl2NO3/c1-16-8-3-2-7(9(11)10(8)12)13-6(4-14)5-15/h2-3,6,13-15H,4-5H2,1H3. The van der Waals surface area contributed by atoms with Crippen molar-refractivity contribution in [1.29, 1.82) is 0 Å². The first-order valence-electron chi connectivity index (χ1n) is 4.64. The molecule has 0 aliphatic heterocycles. The van der Waals surface area contributed by atoms with E-state index < -0.39 is 6.04 Å². The summed E-state index contributed by atoms with van der Waals surface area (Å²) in [4.78, 5) is 0. The predicted octanol–water partition coefficient (Wildman–Crippen LogP) is 1.77. The van der Waals surface area contributed by atoms with E-state index in [1.807, 2.05) is 0 Å². The molecule has 0 amide bonds. The number of aliphatic hydroxyl groups excluding tert-OH is 2. The number of nitrogens with one attached hydrogen (secondary N) is 1. The summed E-state index contributed by atoms with van der Waals surface area (Å²) in [7, 11) is 1.49. The maximum absolute atomic E-state index is 8.93. The number of methoxy groups -OCH3 is 1. The van der Waals surface area contributed by atoms with Gasteiger partial charge >= 0.3 is 0 Å². The first-order valence-corrected chi connectivity index (χ1v) is 5.39. The van der Waals surface area contributed by atoms with E-state index in [1.165, 1.54) is 7.11 Å². The Morgan fingerprint density at radius 1 is 1.25 bits per heavy atom. The summed E-state index contributed by atoms with van der Waals surface area (Å²) in [6.07, 6.45) is 0. The lowest BCUT2D eigenvalue weighted by molar-refractivity contribution is 0.204. The fraction of sp³-hybridized carbons (Fsp3) is 0.400. The molecule has 90 valence electrons. The smallest absolute Gasteiger partial charge is 0.139 e. The number of anilines is 1. The lowest BCUT2D eigenvalue weighted by atomic mass is 10.2. The van der Waals surface area contributed by atoms with Crippen molar-refractivity contribution >= 4 is 28.9 Å². The topological polar surface area (TPSA) is 61.7 Å². The van der Waals surface area contributed by atoms with Crippen molar-refractivity contribution in [1.82, 2.24) is 0 Å². The van der Waals surface area contributed by atoms with Gasteiger partial charge in [0.05, 0.1) is 37.1 Å². The van der Waals surface area contributed by atoms with E-state index >= 15 is 0 Å². The zero-order valence-electron chi connectivity index (χ0n) is 8.70. The maximum atomic E-state index is 8.93. The fourth-order valence-corrected chi connectivity index (χ4v) is 1.62. The number of benzene rings is 1. The Morgan fingerprint density at radius 3 is 2.38 bits per heavy atom. The normalized spacial score (nSPS) is 10.6. The quantitative estimate of drug-likeness (QED) is 0.760. The summed E-state index contributed by atoms with van der Waals surface area (Å²) < 4.78 is 5.00. The van der Waals surface area contributed by atoms with Gasteiger partial charge in [0.1, 0.15) is 10.8 Å². The van der Waals surface area contributed by atoms with Crippen LogP contribution in [0.3, 0.4) is 0 Å². The summed E-state index contributed by atoms with van der Waals surface area (Å²) in [6.45, 7) is -0.396. The lowest BCUT2D eigenvalue weighted by Crippen LogP contribution is -2.27. The van der Waals surface area contributed by atoms with Gasteiger partial charge in [-0.3, -0.25) is 0 Å². The van der Waals surface area contributed by atoms with E-state index in [4.69, 9.17) is 38.2 Å². The van der Waals surface area contributed by atoms with Crippen molar-refractivity contribution in [3.8, 4) is 5.75 Å². The fourth-order valence-electron chi connectivity index (χ4n) is 1.17. The molecule has 0 fully saturated rings. The number of aliphatic hydroxyl groups is 2. The molecule has 1 aromatic rings. The van der Waals surface area contributed by atoms with Gasteiger partial charge in [-0.15, -0.1) is 0 Å². The Morgan fingerprint density at radius 2 is 1.88 bits per heavy atom. The highest BCUT2D eigenvalue weighted by atomic mass is 35.5. The first-order chi connectivity index (χ1) is 7.63. The molecule has 1 rings (SSSR count). The molecule has 0 saturated heterocycles. The second kappa shape index (κ2) is 6.15. The van der Waals surface area contributed by atoms with Crippen LogP contribution >= 0.6 is 23.2 Å². The molecule has 0 atom stereocenters. The van der Waals surface area contributed by atoms with Crippen molar-refractivity contribution < 1.29 is 14.9 Å². The van der Waals surface area contributed by atoms with Crippen molar-refractivity contribution in [2.45, 2.75) is 6.04 Å². The van der Waals surface area contributed by atoms with E-state index in [0.717, 1.165) is 0 Å². The number of hydrogen-bond donors (Lipinski definition) is 3. The van der Waals surface area contributed by atoms with Gasteiger partial charge in [-0.1, -0.05) is 23.2 Å². The monoisotopic (exact) mass is 265 g/mol. The van der Waals surface area contributed by atoms with E-state index in [0.29, 0.717) is 21.5 Å². The molecular formula is C10H13Cl2NO3. The first kappa shape index (κ1) is 13.4. The SMILES string of the molecule is COc1ccc(NC(CO)CO)c(Cl)c1Cl. The molecule has 0 unspecified atom stereocenters. The number of hydrogen-bond acceptors (Lipinski definition) is 4. The molecule has 4 nitrogen and oxygen atoms in total. The van der Waals surface area contributed by atoms with Crippen LogP contribution in [0.1, 0.15) is 0 Å². The minimum atomic E-state index is -0.470. The minimum Gasteiger partial charge on any atom is -0.495 e. The molecule has 0 saturated carbocycles. The molecule has 0 aliphatic rings. The Balaban J connectivity index is 2.94. The average Bonchev–Trinajstić information content (AvgIpc) is 2.31. The van der Waals surface area contributed by atoms with Crippen LogP contribution in [0.4, 0.5) is 5.69 Å². The Hall–Kier alpha value is -0.680. The van der Waals surface area contributed by atoms with Crippen LogP contribution in [-0.2, 0) is 0 Å². The molecule has 0 aliphatic carbocycles. The third kappa shape index (κ3) is 2.92. The van der Waals surface area contributed by atoms with E-state index in [2.05, 4.69) is 5.32 Å². The zero-order valence-corrected chi connectivity index (χ0v) is 10.2. The maximum Gasteiger partial charge on any atom is 0.139 e. The van der Waals surface area contributed by atoms with E-state index in [1.54, 1.807) is 12.1 Å². The highest BCUT2D eigenvalue weighted by molar-refractivity contribution is 6.44. The third-order valence-corrected chi connectivity index (χ3v) is 2.93. The van der Waals surface area contributed by atoms with Crippen LogP contribution in [0.2, 0.25) is 10.0 Å². The largest absolute Gasteiger partial charge is 0.495 e. The number of halogens is 2. The predicted molar refractivity (Wildman–Crippen MR) is 64.6 cm³/mol.